The number of phenols is 1. The number of hydrogen-bond donors (Lipinski definition) is 1. The molecule has 0 aliphatic carbocycles. The van der Waals surface area contributed by atoms with Gasteiger partial charge in [0, 0.05) is 11.6 Å². The van der Waals surface area contributed by atoms with Crippen molar-refractivity contribution in [1.29, 1.82) is 0 Å². The van der Waals surface area contributed by atoms with E-state index >= 15 is 0 Å². The van der Waals surface area contributed by atoms with Crippen molar-refractivity contribution in [3.8, 4) is 11.5 Å². The van der Waals surface area contributed by atoms with E-state index in [1.165, 1.54) is 13.2 Å². The Labute approximate surface area is 164 Å². The molecule has 0 spiro atoms. The zero-order chi connectivity index (χ0) is 20.4. The highest BCUT2D eigenvalue weighted by Crippen LogP contribution is 2.39. The van der Waals surface area contributed by atoms with Crippen LogP contribution in [0.5, 0.6) is 11.5 Å². The van der Waals surface area contributed by atoms with Crippen molar-refractivity contribution in [2.45, 2.75) is 13.5 Å². The Morgan fingerprint density at radius 2 is 1.93 bits per heavy atom. The fraction of sp³-hybridized carbons (Fsp3) is 0.158. The first kappa shape index (κ1) is 19.4. The van der Waals surface area contributed by atoms with Gasteiger partial charge >= 0.3 is 0 Å². The number of imide groups is 1. The smallest absolute Gasteiger partial charge is 0.293 e. The van der Waals surface area contributed by atoms with Crippen LogP contribution in [0.3, 0.4) is 0 Å². The largest absolute Gasteiger partial charge is 0.504 e. The molecule has 2 aromatic rings. The molecular weight excluding hydrogens is 384 g/mol. The number of aryl methyl sites for hydroxylation is 1. The zero-order valence-corrected chi connectivity index (χ0v) is 15.9. The van der Waals surface area contributed by atoms with E-state index in [1.54, 1.807) is 0 Å². The summed E-state index contributed by atoms with van der Waals surface area (Å²) < 4.78 is 4.95. The lowest BCUT2D eigenvalue weighted by Crippen LogP contribution is -2.27. The summed E-state index contributed by atoms with van der Waals surface area (Å²) in [6.45, 7) is 2.05. The molecule has 1 saturated heterocycles. The number of nitro benzene ring substituents is 1. The topological polar surface area (TPSA) is 110 Å². The first-order valence-corrected chi connectivity index (χ1v) is 8.98. The van der Waals surface area contributed by atoms with E-state index in [2.05, 4.69) is 0 Å². The van der Waals surface area contributed by atoms with Gasteiger partial charge in [0.2, 0.25) is 0 Å². The molecule has 8 nitrogen and oxygen atoms in total. The minimum absolute atomic E-state index is 0.0203. The Morgan fingerprint density at radius 3 is 2.54 bits per heavy atom. The summed E-state index contributed by atoms with van der Waals surface area (Å²) in [5, 5.41) is 20.9. The number of ether oxygens (including phenoxy) is 1. The molecule has 0 aromatic heterocycles. The molecule has 1 aliphatic rings. The molecular formula is C19H16N2O6S. The second-order valence-electron chi connectivity index (χ2n) is 6.10. The third-order valence-corrected chi connectivity index (χ3v) is 5.05. The number of nitro groups is 1. The van der Waals surface area contributed by atoms with Gasteiger partial charge in [0.1, 0.15) is 0 Å². The molecule has 0 atom stereocenters. The van der Waals surface area contributed by atoms with Crippen molar-refractivity contribution >= 4 is 34.7 Å². The summed E-state index contributed by atoms with van der Waals surface area (Å²) in [4.78, 5) is 36.5. The molecule has 3 rings (SSSR count). The van der Waals surface area contributed by atoms with Crippen LogP contribution in [0, 0.1) is 17.0 Å². The van der Waals surface area contributed by atoms with Crippen LogP contribution in [0.25, 0.3) is 6.08 Å². The number of phenolic OH excluding ortho intramolecular Hbond substituents is 1. The van der Waals surface area contributed by atoms with Crippen LogP contribution in [-0.4, -0.2) is 33.2 Å². The summed E-state index contributed by atoms with van der Waals surface area (Å²) in [6, 6.07) is 9.63. The van der Waals surface area contributed by atoms with Crippen LogP contribution in [0.15, 0.2) is 41.3 Å². The van der Waals surface area contributed by atoms with Gasteiger partial charge in [-0.05, 0) is 30.3 Å². The molecule has 2 aromatic carbocycles. The quantitative estimate of drug-likeness (QED) is 0.461. The van der Waals surface area contributed by atoms with Gasteiger partial charge in [0.15, 0.2) is 11.5 Å². The third-order valence-electron chi connectivity index (χ3n) is 4.14. The average molecular weight is 400 g/mol. The second-order valence-corrected chi connectivity index (χ2v) is 7.09. The summed E-state index contributed by atoms with van der Waals surface area (Å²) in [5.41, 5.74) is 1.58. The minimum atomic E-state index is -0.636. The number of methoxy groups -OCH3 is 1. The van der Waals surface area contributed by atoms with Crippen molar-refractivity contribution in [3.63, 3.8) is 0 Å². The number of carbonyl (C=O) groups is 2. The number of nitrogens with zero attached hydrogens (tertiary/aromatic N) is 2. The Kier molecular flexibility index (Phi) is 5.36. The van der Waals surface area contributed by atoms with Gasteiger partial charge in [0.25, 0.3) is 16.8 Å². The van der Waals surface area contributed by atoms with Crippen LogP contribution in [0.4, 0.5) is 10.5 Å². The lowest BCUT2D eigenvalue weighted by molar-refractivity contribution is -0.385. The van der Waals surface area contributed by atoms with E-state index in [-0.39, 0.29) is 34.2 Å². The van der Waals surface area contributed by atoms with Crippen molar-refractivity contribution in [2.75, 3.05) is 7.11 Å². The highest BCUT2D eigenvalue weighted by molar-refractivity contribution is 8.18. The minimum Gasteiger partial charge on any atom is -0.504 e. The molecule has 0 radical (unpaired) electrons. The number of amides is 2. The molecule has 28 heavy (non-hydrogen) atoms. The Balaban J connectivity index is 1.92. The van der Waals surface area contributed by atoms with E-state index < -0.39 is 16.1 Å². The summed E-state index contributed by atoms with van der Waals surface area (Å²) >= 11 is 0.712. The summed E-state index contributed by atoms with van der Waals surface area (Å²) in [5.74, 6) is -0.974. The second kappa shape index (κ2) is 7.73. The van der Waals surface area contributed by atoms with Gasteiger partial charge in [-0.25, -0.2) is 0 Å². The predicted octanol–water partition coefficient (Wildman–Crippen LogP) is 3.85. The molecule has 2 amide bonds. The number of hydrogen-bond acceptors (Lipinski definition) is 7. The van der Waals surface area contributed by atoms with E-state index in [0.29, 0.717) is 11.8 Å². The standard InChI is InChI=1S/C19H16N2O6S/c1-11-3-5-12(6-4-11)10-20-18(23)16(28-19(20)24)8-13-7-14(21(25)26)9-15(27-2)17(13)22/h3-9,22H,10H2,1-2H3/b16-8-. The number of thioether (sulfide) groups is 1. The molecule has 1 N–H and O–H groups in total. The number of aromatic hydroxyl groups is 1. The molecule has 9 heteroatoms. The van der Waals surface area contributed by atoms with E-state index in [1.807, 2.05) is 31.2 Å². The van der Waals surface area contributed by atoms with Gasteiger partial charge in [0.05, 0.1) is 29.5 Å². The van der Waals surface area contributed by atoms with Gasteiger partial charge in [-0.3, -0.25) is 24.6 Å². The zero-order valence-electron chi connectivity index (χ0n) is 15.0. The third kappa shape index (κ3) is 3.84. The maximum Gasteiger partial charge on any atom is 0.293 e. The molecule has 0 unspecified atom stereocenters. The van der Waals surface area contributed by atoms with Gasteiger partial charge in [-0.15, -0.1) is 0 Å². The monoisotopic (exact) mass is 400 g/mol. The van der Waals surface area contributed by atoms with Crippen molar-refractivity contribution in [1.82, 2.24) is 4.90 Å². The van der Waals surface area contributed by atoms with Crippen LogP contribution in [0.2, 0.25) is 0 Å². The van der Waals surface area contributed by atoms with Gasteiger partial charge < -0.3 is 9.84 Å². The maximum atomic E-state index is 12.6. The van der Waals surface area contributed by atoms with Crippen LogP contribution in [0.1, 0.15) is 16.7 Å². The Morgan fingerprint density at radius 1 is 1.25 bits per heavy atom. The Hall–Kier alpha value is -3.33. The number of benzene rings is 2. The van der Waals surface area contributed by atoms with E-state index in [4.69, 9.17) is 4.74 Å². The van der Waals surface area contributed by atoms with Crippen LogP contribution in [-0.2, 0) is 11.3 Å². The lowest BCUT2D eigenvalue weighted by atomic mass is 10.1. The highest BCUT2D eigenvalue weighted by Gasteiger charge is 2.35. The molecule has 1 aliphatic heterocycles. The van der Waals surface area contributed by atoms with E-state index in [0.717, 1.165) is 28.2 Å². The first-order valence-electron chi connectivity index (χ1n) is 8.16. The molecule has 1 fully saturated rings. The van der Waals surface area contributed by atoms with Crippen LogP contribution >= 0.6 is 11.8 Å². The SMILES string of the molecule is COc1cc([N+](=O)[O-])cc(/C=C2\SC(=O)N(Cc3ccc(C)cc3)C2=O)c1O. The molecule has 0 saturated carbocycles. The fourth-order valence-electron chi connectivity index (χ4n) is 2.64. The van der Waals surface area contributed by atoms with Crippen LogP contribution < -0.4 is 4.74 Å². The first-order chi connectivity index (χ1) is 13.3. The van der Waals surface area contributed by atoms with Gasteiger partial charge in [-0.2, -0.15) is 0 Å². The summed E-state index contributed by atoms with van der Waals surface area (Å²) in [7, 11) is 1.26. The number of rotatable bonds is 5. The molecule has 1 heterocycles. The predicted molar refractivity (Wildman–Crippen MR) is 104 cm³/mol. The summed E-state index contributed by atoms with van der Waals surface area (Å²) in [6.07, 6.45) is 1.25. The fourth-order valence-corrected chi connectivity index (χ4v) is 3.47. The Bertz CT molecular complexity index is 1000. The number of non-ortho nitro benzene ring substituents is 1. The van der Waals surface area contributed by atoms with E-state index in [9.17, 15) is 24.8 Å². The average Bonchev–Trinajstić information content (AvgIpc) is 2.92. The highest BCUT2D eigenvalue weighted by atomic mass is 32.2. The van der Waals surface area contributed by atoms with Crippen molar-refractivity contribution < 1.29 is 24.4 Å². The van der Waals surface area contributed by atoms with Crippen molar-refractivity contribution in [2.24, 2.45) is 0 Å². The molecule has 0 bridgehead atoms. The van der Waals surface area contributed by atoms with Gasteiger partial charge in [-0.1, -0.05) is 29.8 Å². The lowest BCUT2D eigenvalue weighted by Gasteiger charge is -2.12. The molecule has 144 valence electrons. The van der Waals surface area contributed by atoms with Crippen molar-refractivity contribution in [3.05, 3.63) is 68.1 Å². The normalized spacial score (nSPS) is 15.4. The maximum absolute atomic E-state index is 12.6. The number of carbonyl (C=O) groups excluding carboxylic acids is 2.